The van der Waals surface area contributed by atoms with Crippen LogP contribution in [0, 0.1) is 17.3 Å². The van der Waals surface area contributed by atoms with Crippen molar-refractivity contribution in [3.63, 3.8) is 0 Å². The molecule has 0 aliphatic heterocycles. The quantitative estimate of drug-likeness (QED) is 0.0486. The van der Waals surface area contributed by atoms with Gasteiger partial charge in [-0.2, -0.15) is 0 Å². The third-order valence-corrected chi connectivity index (χ3v) is 24.6. The van der Waals surface area contributed by atoms with Gasteiger partial charge in [0.2, 0.25) is 0 Å². The van der Waals surface area contributed by atoms with Crippen LogP contribution in [0.2, 0.25) is 0 Å². The first-order valence-corrected chi connectivity index (χ1v) is 44.8. The summed E-state index contributed by atoms with van der Waals surface area (Å²) < 4.78 is 41.2. The molecule has 0 bridgehead atoms. The van der Waals surface area contributed by atoms with E-state index >= 15 is 0 Å². The van der Waals surface area contributed by atoms with Crippen LogP contribution < -0.4 is 9.05 Å². The van der Waals surface area contributed by atoms with E-state index in [0.29, 0.717) is 25.0 Å². The zero-order valence-electron chi connectivity index (χ0n) is 64.0. The Hall–Kier alpha value is -1.26. The second-order valence-corrected chi connectivity index (χ2v) is 33.2. The van der Waals surface area contributed by atoms with Crippen molar-refractivity contribution in [2.45, 2.75) is 452 Å². The van der Waals surface area contributed by atoms with Crippen molar-refractivity contribution in [1.82, 2.24) is 0 Å². The molecule has 2 aliphatic rings. The van der Waals surface area contributed by atoms with E-state index in [1.807, 2.05) is 0 Å². The molecule has 0 heterocycles. The summed E-state index contributed by atoms with van der Waals surface area (Å²) in [6, 6.07) is 17.6. The van der Waals surface area contributed by atoms with Gasteiger partial charge in [0.1, 0.15) is 11.5 Å². The summed E-state index contributed by atoms with van der Waals surface area (Å²) in [6.45, 7) is 15.9. The maximum absolute atomic E-state index is 7.01. The lowest BCUT2D eigenvalue weighted by molar-refractivity contribution is 0.00598. The van der Waals surface area contributed by atoms with Crippen LogP contribution >= 0.6 is 17.2 Å². The van der Waals surface area contributed by atoms with Crippen molar-refractivity contribution >= 4 is 17.2 Å². The maximum atomic E-state index is 7.01. The van der Waals surface area contributed by atoms with Crippen molar-refractivity contribution in [3.8, 4) is 11.5 Å². The molecular formula is C87H158O6P2. The average molecular weight is 1360 g/mol. The second kappa shape index (κ2) is 61.4. The van der Waals surface area contributed by atoms with Gasteiger partial charge < -0.3 is 18.1 Å². The highest BCUT2D eigenvalue weighted by Crippen LogP contribution is 2.53. The monoisotopic (exact) mass is 1360 g/mol. The van der Waals surface area contributed by atoms with E-state index in [-0.39, 0.29) is 17.6 Å². The van der Waals surface area contributed by atoms with Crippen molar-refractivity contribution in [2.24, 2.45) is 17.3 Å². The van der Waals surface area contributed by atoms with Gasteiger partial charge in [0.25, 0.3) is 0 Å². The van der Waals surface area contributed by atoms with E-state index < -0.39 is 17.2 Å². The predicted molar refractivity (Wildman–Crippen MR) is 418 cm³/mol. The molecule has 0 saturated heterocycles. The van der Waals surface area contributed by atoms with E-state index in [1.165, 1.54) is 358 Å². The fourth-order valence-corrected chi connectivity index (χ4v) is 18.0. The molecule has 8 heteroatoms. The van der Waals surface area contributed by atoms with Gasteiger partial charge in [0.05, 0.1) is 25.4 Å². The van der Waals surface area contributed by atoms with Crippen molar-refractivity contribution in [3.05, 3.63) is 59.7 Å². The summed E-state index contributed by atoms with van der Waals surface area (Å²) in [5.74, 6) is 3.31. The van der Waals surface area contributed by atoms with Crippen LogP contribution in [0.25, 0.3) is 0 Å². The molecular weight excluding hydrogens is 1200 g/mol. The molecule has 2 aliphatic carbocycles. The lowest BCUT2D eigenvalue weighted by Gasteiger charge is -2.46. The zero-order chi connectivity index (χ0) is 67.4. The molecule has 2 fully saturated rings. The van der Waals surface area contributed by atoms with Gasteiger partial charge in [0.15, 0.2) is 0 Å². The zero-order valence-corrected chi connectivity index (χ0v) is 65.8. The molecule has 0 radical (unpaired) electrons. The van der Waals surface area contributed by atoms with E-state index in [9.17, 15) is 0 Å². The van der Waals surface area contributed by atoms with Crippen LogP contribution in [0.1, 0.15) is 438 Å². The highest BCUT2D eigenvalue weighted by atomic mass is 31.2. The molecule has 2 atom stereocenters. The minimum absolute atomic E-state index is 0.177. The highest BCUT2D eigenvalue weighted by Gasteiger charge is 2.42. The van der Waals surface area contributed by atoms with Crippen LogP contribution in [0.15, 0.2) is 48.5 Å². The minimum Gasteiger partial charge on any atom is -0.426 e. The molecule has 552 valence electrons. The van der Waals surface area contributed by atoms with Gasteiger partial charge in [-0.05, 0) is 130 Å². The van der Waals surface area contributed by atoms with Gasteiger partial charge in [-0.25, -0.2) is 0 Å². The fourth-order valence-electron chi connectivity index (χ4n) is 15.5. The minimum atomic E-state index is -1.49. The molecule has 0 N–H and O–H groups in total. The smallest absolute Gasteiger partial charge is 0.397 e. The number of hydrogen-bond donors (Lipinski definition) is 0. The number of benzene rings is 2. The van der Waals surface area contributed by atoms with Gasteiger partial charge >= 0.3 is 17.2 Å². The lowest BCUT2D eigenvalue weighted by Crippen LogP contribution is -2.39. The van der Waals surface area contributed by atoms with E-state index in [4.69, 9.17) is 27.1 Å². The van der Waals surface area contributed by atoms with Crippen molar-refractivity contribution < 1.29 is 27.1 Å². The van der Waals surface area contributed by atoms with Crippen LogP contribution in [-0.4, -0.2) is 25.4 Å². The van der Waals surface area contributed by atoms with E-state index in [0.717, 1.165) is 62.9 Å². The third-order valence-electron chi connectivity index (χ3n) is 22.2. The Balaban J connectivity index is 1.26. The van der Waals surface area contributed by atoms with Crippen LogP contribution in [-0.2, 0) is 30.9 Å². The SMILES string of the molecule is CCCCCCCCCCCCCCCOP(Oc1ccccc1CCCCCCCCCCCCCCC)OC1CCC(C(C)(C)C2CCC(OP(OCCCCCCCCCCCCCCC)Oc3ccccc3CCCCCCCCCCCCCCC)CC2)CC1. The summed E-state index contributed by atoms with van der Waals surface area (Å²) in [4.78, 5) is 0. The fraction of sp³-hybridized carbons (Fsp3) is 0.862. The molecule has 2 aromatic carbocycles. The number of hydrogen-bond acceptors (Lipinski definition) is 6. The number of para-hydroxylation sites is 2. The normalized spacial score (nSPS) is 17.6. The average Bonchev–Trinajstić information content (AvgIpc) is 0.829. The molecule has 0 aromatic heterocycles. The van der Waals surface area contributed by atoms with Crippen LogP contribution in [0.4, 0.5) is 0 Å². The van der Waals surface area contributed by atoms with E-state index in [2.05, 4.69) is 90.1 Å². The largest absolute Gasteiger partial charge is 0.426 e. The van der Waals surface area contributed by atoms with Crippen molar-refractivity contribution in [1.29, 1.82) is 0 Å². The maximum Gasteiger partial charge on any atom is 0.397 e. The molecule has 0 spiro atoms. The number of rotatable bonds is 68. The Morgan fingerprint density at radius 2 is 0.505 bits per heavy atom. The Kier molecular flexibility index (Phi) is 55.7. The summed E-state index contributed by atoms with van der Waals surface area (Å²) in [5, 5.41) is 0. The first-order valence-electron chi connectivity index (χ1n) is 42.6. The van der Waals surface area contributed by atoms with Crippen LogP contribution in [0.5, 0.6) is 11.5 Å². The Morgan fingerprint density at radius 1 is 0.284 bits per heavy atom. The summed E-state index contributed by atoms with van der Waals surface area (Å²) in [5.41, 5.74) is 2.88. The van der Waals surface area contributed by atoms with Gasteiger partial charge in [-0.1, -0.05) is 386 Å². The number of aryl methyl sites for hydroxylation is 2. The third kappa shape index (κ3) is 44.7. The molecule has 2 unspecified atom stereocenters. The Bertz CT molecular complexity index is 1810. The van der Waals surface area contributed by atoms with Gasteiger partial charge in [0, 0.05) is 0 Å². The number of unbranched alkanes of at least 4 members (excludes halogenated alkanes) is 48. The van der Waals surface area contributed by atoms with E-state index in [1.54, 1.807) is 0 Å². The Morgan fingerprint density at radius 3 is 0.758 bits per heavy atom. The lowest BCUT2D eigenvalue weighted by atomic mass is 9.60. The summed E-state index contributed by atoms with van der Waals surface area (Å²) >= 11 is 0. The molecule has 95 heavy (non-hydrogen) atoms. The molecule has 6 nitrogen and oxygen atoms in total. The first kappa shape index (κ1) is 86.1. The van der Waals surface area contributed by atoms with Crippen molar-refractivity contribution in [2.75, 3.05) is 13.2 Å². The molecule has 2 aromatic rings. The Labute approximate surface area is 594 Å². The predicted octanol–water partition coefficient (Wildman–Crippen LogP) is 31.3. The topological polar surface area (TPSA) is 55.4 Å². The van der Waals surface area contributed by atoms with Crippen LogP contribution in [0.3, 0.4) is 0 Å². The summed E-state index contributed by atoms with van der Waals surface area (Å²) in [6.07, 6.45) is 82.6. The second-order valence-electron chi connectivity index (χ2n) is 31.0. The highest BCUT2D eigenvalue weighted by molar-refractivity contribution is 7.42. The summed E-state index contributed by atoms with van der Waals surface area (Å²) in [7, 11) is -2.99. The van der Waals surface area contributed by atoms with Gasteiger partial charge in [-0.3, -0.25) is 9.05 Å². The molecule has 2 saturated carbocycles. The standard InChI is InChI=1S/C87H158O6P2/c1-7-11-15-19-23-27-31-35-39-43-47-51-55-63-79-65-57-59-67-85(79)92-94(88-77-61-53-49-45-41-37-33-29-25-21-17-13-9-3)90-83-73-69-81(70-74-83)87(5,6)82-71-75-84(76-72-82)91-95(89-78-62-54-50-46-42-38-34-30-26-22-18-14-10-4)93-86-68-60-58-66-80(86)64-56-52-48-44-40-36-32-28-24-20-16-12-8-2/h57-60,65-68,81-84H,7-56,61-64,69-78H2,1-6H3. The van der Waals surface area contributed by atoms with Gasteiger partial charge in [-0.15, -0.1) is 0 Å². The molecule has 4 rings (SSSR count). The molecule has 0 amide bonds. The first-order chi connectivity index (χ1) is 46.9.